The van der Waals surface area contributed by atoms with Crippen LogP contribution in [0.1, 0.15) is 6.92 Å². The van der Waals surface area contributed by atoms with Crippen LogP contribution < -0.4 is 5.32 Å². The minimum absolute atomic E-state index is 0.708. The molecule has 0 saturated heterocycles. The fourth-order valence-electron chi connectivity index (χ4n) is 1.38. The van der Waals surface area contributed by atoms with E-state index in [9.17, 15) is 0 Å². The van der Waals surface area contributed by atoms with E-state index in [1.54, 1.807) is 24.4 Å². The van der Waals surface area contributed by atoms with Gasteiger partial charge in [0, 0.05) is 12.3 Å². The minimum Gasteiger partial charge on any atom is -0.341 e. The maximum atomic E-state index is 4.25. The molecule has 2 aromatic rings. The summed E-state index contributed by atoms with van der Waals surface area (Å²) in [6.07, 6.45) is 3.18. The van der Waals surface area contributed by atoms with Gasteiger partial charge in [0.25, 0.3) is 0 Å². The first-order chi connectivity index (χ1) is 8.31. The van der Waals surface area contributed by atoms with Crippen LogP contribution in [-0.4, -0.2) is 38.8 Å². The maximum Gasteiger partial charge on any atom is 0.181 e. The Kier molecular flexibility index (Phi) is 4.11. The topological polar surface area (TPSA) is 66.5 Å². The summed E-state index contributed by atoms with van der Waals surface area (Å²) >= 11 is 1.65. The van der Waals surface area contributed by atoms with Crippen LogP contribution in [0, 0.1) is 0 Å². The van der Waals surface area contributed by atoms with Crippen molar-refractivity contribution < 1.29 is 0 Å². The summed E-state index contributed by atoms with van der Waals surface area (Å²) in [5, 5.41) is 4.17. The lowest BCUT2D eigenvalue weighted by Crippen LogP contribution is -2.16. The zero-order chi connectivity index (χ0) is 12.1. The van der Waals surface area contributed by atoms with E-state index < -0.39 is 0 Å². The van der Waals surface area contributed by atoms with Gasteiger partial charge >= 0.3 is 0 Å². The van der Waals surface area contributed by atoms with Gasteiger partial charge in [0.15, 0.2) is 5.65 Å². The normalized spacial score (nSPS) is 10.9. The molecule has 0 aliphatic carbocycles. The minimum atomic E-state index is 0.708. The summed E-state index contributed by atoms with van der Waals surface area (Å²) in [6.45, 7) is 7.91. The number of likely N-dealkylation sites (N-methyl/N-ethyl adjacent to an activating group) is 1. The summed E-state index contributed by atoms with van der Waals surface area (Å²) in [7, 11) is 0. The lowest BCUT2D eigenvalue weighted by Gasteiger charge is -2.05. The largest absolute Gasteiger partial charge is 0.341 e. The van der Waals surface area contributed by atoms with Crippen LogP contribution in [-0.2, 0) is 0 Å². The number of rotatable bonds is 6. The molecule has 0 saturated carbocycles. The molecular weight excluding hydrogens is 234 g/mol. The Bertz CT molecular complexity index is 507. The van der Waals surface area contributed by atoms with Crippen molar-refractivity contribution in [1.82, 2.24) is 25.3 Å². The van der Waals surface area contributed by atoms with E-state index in [4.69, 9.17) is 0 Å². The Balaban J connectivity index is 1.99. The molecule has 90 valence electrons. The molecule has 5 nitrogen and oxygen atoms in total. The molecule has 0 fully saturated rings. The molecule has 0 bridgehead atoms. The quantitative estimate of drug-likeness (QED) is 0.462. The van der Waals surface area contributed by atoms with Crippen molar-refractivity contribution >= 4 is 22.9 Å². The summed E-state index contributed by atoms with van der Waals surface area (Å²) in [4.78, 5) is 15.5. The molecule has 0 atom stereocenters. The molecular formula is C11H15N5S. The number of aromatic nitrogens is 4. The van der Waals surface area contributed by atoms with E-state index in [0.29, 0.717) is 5.65 Å². The Morgan fingerprint density at radius 1 is 1.47 bits per heavy atom. The zero-order valence-electron chi connectivity index (χ0n) is 9.73. The van der Waals surface area contributed by atoms with E-state index in [-0.39, 0.29) is 0 Å². The van der Waals surface area contributed by atoms with Crippen LogP contribution >= 0.6 is 11.8 Å². The van der Waals surface area contributed by atoms with Gasteiger partial charge in [-0.05, 0) is 6.54 Å². The van der Waals surface area contributed by atoms with E-state index in [0.717, 1.165) is 35.0 Å². The summed E-state index contributed by atoms with van der Waals surface area (Å²) < 4.78 is 0. The van der Waals surface area contributed by atoms with Gasteiger partial charge in [-0.1, -0.05) is 30.8 Å². The number of hydrogen-bond donors (Lipinski definition) is 2. The van der Waals surface area contributed by atoms with Crippen LogP contribution in [0.25, 0.3) is 11.2 Å². The van der Waals surface area contributed by atoms with Crippen molar-refractivity contribution in [2.45, 2.75) is 11.9 Å². The number of fused-ring (bicyclic) bond motifs is 1. The van der Waals surface area contributed by atoms with Gasteiger partial charge < -0.3 is 10.3 Å². The number of thioether (sulfide) groups is 1. The lowest BCUT2D eigenvalue weighted by molar-refractivity contribution is 0.779. The molecule has 17 heavy (non-hydrogen) atoms. The SMILES string of the molecule is C=C(CNCC)CSc1ncnc2nc[nH]c12. The molecule has 2 aromatic heterocycles. The van der Waals surface area contributed by atoms with Crippen LogP contribution in [0.3, 0.4) is 0 Å². The Morgan fingerprint density at radius 2 is 2.35 bits per heavy atom. The number of H-pyrrole nitrogens is 1. The highest BCUT2D eigenvalue weighted by Gasteiger charge is 2.06. The maximum absolute atomic E-state index is 4.25. The zero-order valence-corrected chi connectivity index (χ0v) is 10.5. The smallest absolute Gasteiger partial charge is 0.181 e. The van der Waals surface area contributed by atoms with Crippen molar-refractivity contribution in [2.24, 2.45) is 0 Å². The molecule has 0 radical (unpaired) electrons. The van der Waals surface area contributed by atoms with Gasteiger partial charge in [-0.3, -0.25) is 0 Å². The van der Waals surface area contributed by atoms with Crippen LogP contribution in [0.4, 0.5) is 0 Å². The van der Waals surface area contributed by atoms with Gasteiger partial charge in [0.2, 0.25) is 0 Å². The van der Waals surface area contributed by atoms with E-state index in [2.05, 4.69) is 38.8 Å². The monoisotopic (exact) mass is 249 g/mol. The first kappa shape index (κ1) is 12.1. The Morgan fingerprint density at radius 3 is 3.18 bits per heavy atom. The van der Waals surface area contributed by atoms with Crippen molar-refractivity contribution in [2.75, 3.05) is 18.8 Å². The number of hydrogen-bond acceptors (Lipinski definition) is 5. The van der Waals surface area contributed by atoms with Crippen molar-refractivity contribution in [3.8, 4) is 0 Å². The third-order valence-corrected chi connectivity index (χ3v) is 3.36. The van der Waals surface area contributed by atoms with Crippen molar-refractivity contribution in [3.05, 3.63) is 24.8 Å². The molecule has 2 rings (SSSR count). The second-order valence-corrected chi connectivity index (χ2v) is 4.56. The third-order valence-electron chi connectivity index (χ3n) is 2.23. The summed E-state index contributed by atoms with van der Waals surface area (Å²) in [5.41, 5.74) is 2.76. The first-order valence-corrected chi connectivity index (χ1v) is 6.44. The second-order valence-electron chi connectivity index (χ2n) is 3.60. The van der Waals surface area contributed by atoms with E-state index >= 15 is 0 Å². The highest BCUT2D eigenvalue weighted by atomic mass is 32.2. The molecule has 0 aliphatic heterocycles. The fraction of sp³-hybridized carbons (Fsp3) is 0.364. The van der Waals surface area contributed by atoms with Gasteiger partial charge in [-0.15, -0.1) is 0 Å². The number of nitrogens with zero attached hydrogens (tertiary/aromatic N) is 3. The van der Waals surface area contributed by atoms with Crippen LogP contribution in [0.5, 0.6) is 0 Å². The molecule has 0 aliphatic rings. The highest BCUT2D eigenvalue weighted by molar-refractivity contribution is 7.99. The Labute approximate surface area is 104 Å². The lowest BCUT2D eigenvalue weighted by atomic mass is 10.3. The average Bonchev–Trinajstić information content (AvgIpc) is 2.82. The predicted octanol–water partition coefficient (Wildman–Crippen LogP) is 1.61. The molecule has 2 heterocycles. The predicted molar refractivity (Wildman–Crippen MR) is 70.1 cm³/mol. The van der Waals surface area contributed by atoms with Gasteiger partial charge in [-0.2, -0.15) is 0 Å². The number of aromatic amines is 1. The third kappa shape index (κ3) is 3.04. The fourth-order valence-corrected chi connectivity index (χ4v) is 2.23. The Hall–Kier alpha value is -1.40. The van der Waals surface area contributed by atoms with Gasteiger partial charge in [0.1, 0.15) is 16.9 Å². The van der Waals surface area contributed by atoms with Gasteiger partial charge in [-0.25, -0.2) is 15.0 Å². The van der Waals surface area contributed by atoms with Crippen molar-refractivity contribution in [3.63, 3.8) is 0 Å². The van der Waals surface area contributed by atoms with Crippen LogP contribution in [0.15, 0.2) is 29.8 Å². The molecule has 0 aromatic carbocycles. The number of imidazole rings is 1. The van der Waals surface area contributed by atoms with Crippen molar-refractivity contribution in [1.29, 1.82) is 0 Å². The van der Waals surface area contributed by atoms with Gasteiger partial charge in [0.05, 0.1) is 6.33 Å². The molecule has 0 amide bonds. The second kappa shape index (κ2) is 5.79. The molecule has 0 spiro atoms. The number of nitrogens with one attached hydrogen (secondary N) is 2. The molecule has 2 N–H and O–H groups in total. The van der Waals surface area contributed by atoms with E-state index in [1.807, 2.05) is 0 Å². The molecule has 0 unspecified atom stereocenters. The van der Waals surface area contributed by atoms with E-state index in [1.165, 1.54) is 0 Å². The van der Waals surface area contributed by atoms with Crippen LogP contribution in [0.2, 0.25) is 0 Å². The highest BCUT2D eigenvalue weighted by Crippen LogP contribution is 2.22. The first-order valence-electron chi connectivity index (χ1n) is 5.45. The molecule has 6 heteroatoms. The standard InChI is InChI=1S/C11H15N5S/c1-3-12-4-8(2)5-17-11-9-10(14-6-13-9)15-7-16-11/h6-7,12H,2-5H2,1H3,(H,13,14,15,16). The summed E-state index contributed by atoms with van der Waals surface area (Å²) in [5.74, 6) is 0.845. The summed E-state index contributed by atoms with van der Waals surface area (Å²) in [6, 6.07) is 0. The average molecular weight is 249 g/mol.